The van der Waals surface area contributed by atoms with E-state index in [4.69, 9.17) is 5.11 Å². The number of hydrogen-bond acceptors (Lipinski definition) is 4. The first-order valence-electron chi connectivity index (χ1n) is 7.74. The fourth-order valence-corrected chi connectivity index (χ4v) is 3.39. The van der Waals surface area contributed by atoms with Gasteiger partial charge in [-0.25, -0.2) is 0 Å². The number of anilines is 1. The van der Waals surface area contributed by atoms with Gasteiger partial charge in [-0.3, -0.25) is 19.4 Å². The normalized spacial score (nSPS) is 24.9. The van der Waals surface area contributed by atoms with Crippen molar-refractivity contribution < 1.29 is 19.5 Å². The molecule has 1 unspecified atom stereocenters. The van der Waals surface area contributed by atoms with E-state index >= 15 is 0 Å². The molecule has 0 spiro atoms. The molecule has 2 N–H and O–H groups in total. The monoisotopic (exact) mass is 317 g/mol. The highest BCUT2D eigenvalue weighted by molar-refractivity contribution is 5.91. The highest BCUT2D eigenvalue weighted by Gasteiger charge is 2.56. The standard InChI is InChI=1S/C16H19N3O4/c20-14(18-10-2-1-5-17-7-10)6-11-12-8-19(9-13(11)12)15(21)3-4-16(22)23/h1-2,5,7,11-13H,3-4,6,8-9H2,(H,18,20)(H,22,23)/t11?,12-,13+. The van der Waals surface area contributed by atoms with E-state index in [9.17, 15) is 14.4 Å². The maximum atomic E-state index is 12.0. The number of nitrogens with one attached hydrogen (secondary N) is 1. The predicted octanol–water partition coefficient (Wildman–Crippen LogP) is 0.979. The molecule has 2 amide bonds. The molecule has 1 aliphatic carbocycles. The van der Waals surface area contributed by atoms with Crippen LogP contribution in [0.2, 0.25) is 0 Å². The highest BCUT2D eigenvalue weighted by Crippen LogP contribution is 2.53. The number of carbonyl (C=O) groups is 3. The number of aliphatic carboxylic acids is 1. The molecule has 7 nitrogen and oxygen atoms in total. The summed E-state index contributed by atoms with van der Waals surface area (Å²) in [5.41, 5.74) is 0.689. The Bertz CT molecular complexity index is 607. The van der Waals surface area contributed by atoms with E-state index in [1.807, 2.05) is 0 Å². The summed E-state index contributed by atoms with van der Waals surface area (Å²) in [5, 5.41) is 11.4. The third kappa shape index (κ3) is 3.67. The molecule has 2 heterocycles. The third-order valence-electron chi connectivity index (χ3n) is 4.64. The molecule has 0 radical (unpaired) electrons. The van der Waals surface area contributed by atoms with Crippen LogP contribution in [-0.2, 0) is 14.4 Å². The van der Waals surface area contributed by atoms with Gasteiger partial charge >= 0.3 is 5.97 Å². The van der Waals surface area contributed by atoms with Crippen molar-refractivity contribution in [1.82, 2.24) is 9.88 Å². The predicted molar refractivity (Wildman–Crippen MR) is 81.4 cm³/mol. The Balaban J connectivity index is 1.41. The van der Waals surface area contributed by atoms with Crippen LogP contribution >= 0.6 is 0 Å². The Labute approximate surface area is 133 Å². The van der Waals surface area contributed by atoms with Crippen molar-refractivity contribution in [2.45, 2.75) is 19.3 Å². The highest BCUT2D eigenvalue weighted by atomic mass is 16.4. The number of rotatable bonds is 6. The van der Waals surface area contributed by atoms with E-state index in [1.165, 1.54) is 0 Å². The van der Waals surface area contributed by atoms with Crippen molar-refractivity contribution in [1.29, 1.82) is 0 Å². The molecule has 1 saturated heterocycles. The Hall–Kier alpha value is -2.44. The van der Waals surface area contributed by atoms with Gasteiger partial charge in [0.1, 0.15) is 0 Å². The zero-order valence-corrected chi connectivity index (χ0v) is 12.6. The largest absolute Gasteiger partial charge is 0.481 e. The summed E-state index contributed by atoms with van der Waals surface area (Å²) >= 11 is 0. The number of hydrogen-bond donors (Lipinski definition) is 2. The molecule has 2 aliphatic rings. The number of aromatic nitrogens is 1. The van der Waals surface area contributed by atoms with Crippen molar-refractivity contribution in [3.8, 4) is 0 Å². The SMILES string of the molecule is O=C(O)CCC(=O)N1C[C@@H]2C(CC(=O)Nc3cccnc3)[C@@H]2C1. The number of nitrogens with zero attached hydrogens (tertiary/aromatic N) is 2. The van der Waals surface area contributed by atoms with Gasteiger partial charge in [0.05, 0.1) is 18.3 Å². The molecule has 3 atom stereocenters. The van der Waals surface area contributed by atoms with E-state index in [0.29, 0.717) is 43.0 Å². The second-order valence-electron chi connectivity index (χ2n) is 6.18. The Kier molecular flexibility index (Phi) is 4.27. The maximum Gasteiger partial charge on any atom is 0.303 e. The minimum absolute atomic E-state index is 0.0267. The van der Waals surface area contributed by atoms with Gasteiger partial charge in [0, 0.05) is 32.1 Å². The summed E-state index contributed by atoms with van der Waals surface area (Å²) in [6.45, 7) is 1.29. The zero-order valence-electron chi connectivity index (χ0n) is 12.6. The summed E-state index contributed by atoms with van der Waals surface area (Å²) in [6.07, 6.45) is 3.65. The van der Waals surface area contributed by atoms with E-state index < -0.39 is 5.97 Å². The Morgan fingerprint density at radius 3 is 2.61 bits per heavy atom. The lowest BCUT2D eigenvalue weighted by molar-refractivity contribution is -0.140. The molecule has 0 bridgehead atoms. The topological polar surface area (TPSA) is 99.6 Å². The van der Waals surface area contributed by atoms with E-state index in [0.717, 1.165) is 0 Å². The van der Waals surface area contributed by atoms with Crippen molar-refractivity contribution in [3.63, 3.8) is 0 Å². The first-order chi connectivity index (χ1) is 11.0. The number of carbonyl (C=O) groups excluding carboxylic acids is 2. The lowest BCUT2D eigenvalue weighted by atomic mass is 10.1. The molecule has 7 heteroatoms. The number of piperidine rings is 1. The van der Waals surface area contributed by atoms with Crippen molar-refractivity contribution in [2.75, 3.05) is 18.4 Å². The van der Waals surface area contributed by atoms with Gasteiger partial charge in [-0.2, -0.15) is 0 Å². The van der Waals surface area contributed by atoms with Crippen LogP contribution < -0.4 is 5.32 Å². The molecule has 3 rings (SSSR count). The molecular weight excluding hydrogens is 298 g/mol. The molecule has 1 aromatic heterocycles. The van der Waals surface area contributed by atoms with Gasteiger partial charge in [0.25, 0.3) is 0 Å². The summed E-state index contributed by atoms with van der Waals surface area (Å²) < 4.78 is 0. The second kappa shape index (κ2) is 6.36. The van der Waals surface area contributed by atoms with Gasteiger partial charge < -0.3 is 15.3 Å². The molecule has 23 heavy (non-hydrogen) atoms. The number of carboxylic acids is 1. The van der Waals surface area contributed by atoms with Crippen LogP contribution in [0.1, 0.15) is 19.3 Å². The summed E-state index contributed by atoms with van der Waals surface area (Å²) in [7, 11) is 0. The number of fused-ring (bicyclic) bond motifs is 1. The van der Waals surface area contributed by atoms with Crippen LogP contribution in [-0.4, -0.2) is 45.9 Å². The maximum absolute atomic E-state index is 12.0. The van der Waals surface area contributed by atoms with Gasteiger partial charge in [-0.15, -0.1) is 0 Å². The van der Waals surface area contributed by atoms with Crippen LogP contribution in [0.3, 0.4) is 0 Å². The van der Waals surface area contributed by atoms with Crippen LogP contribution in [0.25, 0.3) is 0 Å². The molecule has 122 valence electrons. The van der Waals surface area contributed by atoms with E-state index in [1.54, 1.807) is 29.4 Å². The minimum Gasteiger partial charge on any atom is -0.481 e. The molecule has 1 saturated carbocycles. The molecule has 2 fully saturated rings. The number of pyridine rings is 1. The van der Waals surface area contributed by atoms with Gasteiger partial charge in [0.2, 0.25) is 11.8 Å². The molecule has 0 aromatic carbocycles. The Morgan fingerprint density at radius 1 is 1.26 bits per heavy atom. The summed E-state index contributed by atoms with van der Waals surface area (Å²) in [4.78, 5) is 40.0. The third-order valence-corrected chi connectivity index (χ3v) is 4.64. The van der Waals surface area contributed by atoms with Gasteiger partial charge in [0.15, 0.2) is 0 Å². The fraction of sp³-hybridized carbons (Fsp3) is 0.500. The second-order valence-corrected chi connectivity index (χ2v) is 6.18. The van der Waals surface area contributed by atoms with Crippen LogP contribution in [0.15, 0.2) is 24.5 Å². The van der Waals surface area contributed by atoms with Gasteiger partial charge in [-0.05, 0) is 29.9 Å². The first-order valence-corrected chi connectivity index (χ1v) is 7.74. The zero-order chi connectivity index (χ0) is 16.4. The Morgan fingerprint density at radius 2 is 2.00 bits per heavy atom. The van der Waals surface area contributed by atoms with Crippen molar-refractivity contribution >= 4 is 23.5 Å². The molecular formula is C16H19N3O4. The summed E-state index contributed by atoms with van der Waals surface area (Å²) in [5.74, 6) is 0.00835. The van der Waals surface area contributed by atoms with E-state index in [-0.39, 0.29) is 24.7 Å². The smallest absolute Gasteiger partial charge is 0.303 e. The minimum atomic E-state index is -0.951. The number of likely N-dealkylation sites (tertiary alicyclic amines) is 1. The van der Waals surface area contributed by atoms with Gasteiger partial charge in [-0.1, -0.05) is 0 Å². The first kappa shape index (κ1) is 15.5. The number of amides is 2. The average Bonchev–Trinajstić information content (AvgIpc) is 2.96. The lowest BCUT2D eigenvalue weighted by Gasteiger charge is -2.19. The van der Waals surface area contributed by atoms with Crippen molar-refractivity contribution in [2.24, 2.45) is 17.8 Å². The summed E-state index contributed by atoms with van der Waals surface area (Å²) in [6, 6.07) is 3.56. The fourth-order valence-electron chi connectivity index (χ4n) is 3.39. The lowest BCUT2D eigenvalue weighted by Crippen LogP contribution is -2.32. The molecule has 1 aromatic rings. The van der Waals surface area contributed by atoms with Crippen LogP contribution in [0.5, 0.6) is 0 Å². The van der Waals surface area contributed by atoms with E-state index in [2.05, 4.69) is 10.3 Å². The van der Waals surface area contributed by atoms with Crippen LogP contribution in [0.4, 0.5) is 5.69 Å². The number of carboxylic acid groups (broad SMARTS) is 1. The molecule has 1 aliphatic heterocycles. The van der Waals surface area contributed by atoms with Crippen LogP contribution in [0, 0.1) is 17.8 Å². The average molecular weight is 317 g/mol. The quantitative estimate of drug-likeness (QED) is 0.814. The van der Waals surface area contributed by atoms with Crippen molar-refractivity contribution in [3.05, 3.63) is 24.5 Å².